The molecule has 2 atom stereocenters. The number of nitro groups is 1. The molecule has 1 aromatic carbocycles. The topological polar surface area (TPSA) is 116 Å². The third kappa shape index (κ3) is 2.81. The lowest BCUT2D eigenvalue weighted by Gasteiger charge is -2.28. The molecular formula is C14H13N2O6S. The van der Waals surface area contributed by atoms with E-state index in [1.54, 1.807) is 6.29 Å². The minimum Gasteiger partial charge on any atom is -0.290 e. The van der Waals surface area contributed by atoms with Gasteiger partial charge in [0.15, 0.2) is 0 Å². The van der Waals surface area contributed by atoms with Crippen molar-refractivity contribution in [2.75, 3.05) is 7.11 Å². The zero-order valence-corrected chi connectivity index (χ0v) is 12.8. The van der Waals surface area contributed by atoms with Crippen molar-refractivity contribution in [1.29, 1.82) is 0 Å². The molecule has 23 heavy (non-hydrogen) atoms. The van der Waals surface area contributed by atoms with E-state index in [4.69, 9.17) is 0 Å². The van der Waals surface area contributed by atoms with Crippen molar-refractivity contribution in [3.8, 4) is 0 Å². The van der Waals surface area contributed by atoms with Crippen molar-refractivity contribution < 1.29 is 23.0 Å². The van der Waals surface area contributed by atoms with E-state index in [9.17, 15) is 23.3 Å². The van der Waals surface area contributed by atoms with Gasteiger partial charge in [0, 0.05) is 4.92 Å². The minimum absolute atomic E-state index is 0.150. The summed E-state index contributed by atoms with van der Waals surface area (Å²) in [6.07, 6.45) is 6.97. The first-order valence-corrected chi connectivity index (χ1v) is 7.91. The third-order valence-corrected chi connectivity index (χ3v) is 4.79. The molecule has 8 nitrogen and oxygen atoms in total. The number of benzene rings is 1. The first-order chi connectivity index (χ1) is 10.9. The Morgan fingerprint density at radius 1 is 1.35 bits per heavy atom. The summed E-state index contributed by atoms with van der Waals surface area (Å²) >= 11 is 0. The van der Waals surface area contributed by atoms with Gasteiger partial charge >= 0.3 is 0 Å². The maximum Gasteiger partial charge on any atom is 0.280 e. The summed E-state index contributed by atoms with van der Waals surface area (Å²) in [5.74, 6) is -1.26. The Morgan fingerprint density at radius 2 is 2.04 bits per heavy atom. The third-order valence-electron chi connectivity index (χ3n) is 3.47. The fraction of sp³-hybridized carbons (Fsp3) is 0.214. The van der Waals surface area contributed by atoms with Crippen molar-refractivity contribution in [3.05, 3.63) is 64.2 Å². The van der Waals surface area contributed by atoms with Crippen LogP contribution in [0.4, 0.5) is 0 Å². The summed E-state index contributed by atoms with van der Waals surface area (Å²) in [6, 6.07) is 5.38. The van der Waals surface area contributed by atoms with Gasteiger partial charge in [0.25, 0.3) is 15.6 Å². The summed E-state index contributed by atoms with van der Waals surface area (Å²) in [7, 11) is -3.05. The number of nitrogens with one attached hydrogen (secondary N) is 1. The largest absolute Gasteiger partial charge is 0.290 e. The fourth-order valence-electron chi connectivity index (χ4n) is 2.47. The van der Waals surface area contributed by atoms with Crippen molar-refractivity contribution in [1.82, 2.24) is 4.89 Å². The molecular weight excluding hydrogens is 324 g/mol. The van der Waals surface area contributed by atoms with Gasteiger partial charge in [0.05, 0.1) is 17.6 Å². The van der Waals surface area contributed by atoms with Crippen LogP contribution in [0, 0.1) is 16.0 Å². The van der Waals surface area contributed by atoms with E-state index >= 15 is 0 Å². The Morgan fingerprint density at radius 3 is 2.65 bits per heavy atom. The quantitative estimate of drug-likeness (QED) is 0.608. The van der Waals surface area contributed by atoms with Crippen LogP contribution >= 0.6 is 0 Å². The number of hydrogen-bond acceptors (Lipinski definition) is 6. The van der Waals surface area contributed by atoms with Crippen molar-refractivity contribution in [3.63, 3.8) is 0 Å². The van der Waals surface area contributed by atoms with E-state index in [1.165, 1.54) is 48.6 Å². The normalized spacial score (nSPS) is 23.6. The van der Waals surface area contributed by atoms with E-state index in [2.05, 4.69) is 4.84 Å². The molecule has 1 radical (unpaired) electrons. The molecule has 0 saturated carbocycles. The highest BCUT2D eigenvalue weighted by molar-refractivity contribution is 7.89. The second kappa shape index (κ2) is 6.41. The van der Waals surface area contributed by atoms with Crippen LogP contribution in [0.3, 0.4) is 0 Å². The Balaban J connectivity index is 2.78. The highest BCUT2D eigenvalue weighted by Gasteiger charge is 2.52. The number of sulfonamides is 1. The molecule has 1 aromatic rings. The van der Waals surface area contributed by atoms with Gasteiger partial charge in [0.1, 0.15) is 5.92 Å². The molecule has 2 rings (SSSR count). The standard InChI is InChI=1S/C14H13N2O6S/c1-22-15-23(20,21)13-8-3-2-7-12(13)14(16(18)19)9-5-4-6-11(14)10-17/h2-9,11,15H,1H3. The van der Waals surface area contributed by atoms with Crippen LogP contribution in [0.15, 0.2) is 53.5 Å². The molecule has 0 bridgehead atoms. The zero-order chi connectivity index (χ0) is 17.1. The van der Waals surface area contributed by atoms with E-state index in [0.29, 0.717) is 0 Å². The van der Waals surface area contributed by atoms with Gasteiger partial charge in [-0.15, -0.1) is 0 Å². The summed E-state index contributed by atoms with van der Waals surface area (Å²) < 4.78 is 24.5. The highest BCUT2D eigenvalue weighted by atomic mass is 32.2. The van der Waals surface area contributed by atoms with Gasteiger partial charge in [-0.05, 0) is 12.1 Å². The minimum atomic E-state index is -4.16. The predicted octanol–water partition coefficient (Wildman–Crippen LogP) is 0.850. The van der Waals surface area contributed by atoms with Gasteiger partial charge in [-0.3, -0.25) is 19.7 Å². The van der Waals surface area contributed by atoms with Crippen LogP contribution in [0.1, 0.15) is 5.56 Å². The molecule has 1 aliphatic rings. The Labute approximate surface area is 132 Å². The highest BCUT2D eigenvalue weighted by Crippen LogP contribution is 2.40. The first-order valence-electron chi connectivity index (χ1n) is 6.42. The summed E-state index contributed by atoms with van der Waals surface area (Å²) in [5.41, 5.74) is -2.21. The molecule has 0 saturated heterocycles. The number of allylic oxidation sites excluding steroid dienone is 2. The number of nitrogens with zero attached hydrogens (tertiary/aromatic N) is 1. The van der Waals surface area contributed by atoms with Gasteiger partial charge in [-0.1, -0.05) is 41.3 Å². The Kier molecular flexibility index (Phi) is 4.73. The van der Waals surface area contributed by atoms with Gasteiger partial charge in [0.2, 0.25) is 6.29 Å². The lowest BCUT2D eigenvalue weighted by molar-refractivity contribution is -0.569. The second-order valence-electron chi connectivity index (χ2n) is 4.71. The molecule has 0 heterocycles. The zero-order valence-electron chi connectivity index (χ0n) is 12.0. The van der Waals surface area contributed by atoms with Crippen molar-refractivity contribution in [2.45, 2.75) is 10.4 Å². The molecule has 0 amide bonds. The molecule has 1 N–H and O–H groups in total. The number of rotatable bonds is 6. The maximum absolute atomic E-state index is 12.3. The average molecular weight is 337 g/mol. The molecule has 0 aliphatic heterocycles. The molecule has 1 aliphatic carbocycles. The second-order valence-corrected chi connectivity index (χ2v) is 6.32. The molecule has 121 valence electrons. The van der Waals surface area contributed by atoms with E-state index < -0.39 is 26.4 Å². The lowest BCUT2D eigenvalue weighted by atomic mass is 9.76. The van der Waals surface area contributed by atoms with Gasteiger partial charge in [-0.25, -0.2) is 8.42 Å². The number of hydrogen-bond donors (Lipinski definition) is 1. The Bertz CT molecular complexity index is 786. The molecule has 9 heteroatoms. The van der Waals surface area contributed by atoms with Crippen molar-refractivity contribution >= 4 is 16.3 Å². The summed E-state index contributed by atoms with van der Waals surface area (Å²) in [6.45, 7) is 0. The van der Waals surface area contributed by atoms with Crippen LogP contribution in [0.5, 0.6) is 0 Å². The smallest absolute Gasteiger partial charge is 0.280 e. The van der Waals surface area contributed by atoms with Crippen molar-refractivity contribution in [2.24, 2.45) is 5.92 Å². The monoisotopic (exact) mass is 337 g/mol. The SMILES string of the molecule is CONS(=O)(=O)c1ccccc1C1([N+](=O)[O-])C=CC=CC1[C]=O. The van der Waals surface area contributed by atoms with Crippen LogP contribution in [0.25, 0.3) is 0 Å². The molecule has 0 fully saturated rings. The predicted molar refractivity (Wildman–Crippen MR) is 79.9 cm³/mol. The first kappa shape index (κ1) is 17.0. The van der Waals surface area contributed by atoms with E-state index in [-0.39, 0.29) is 10.5 Å². The molecule has 0 aromatic heterocycles. The summed E-state index contributed by atoms with van der Waals surface area (Å²) in [4.78, 5) is 28.2. The molecule has 2 unspecified atom stereocenters. The average Bonchev–Trinajstić information content (AvgIpc) is 2.54. The van der Waals surface area contributed by atoms with E-state index in [0.717, 1.165) is 7.11 Å². The summed E-state index contributed by atoms with van der Waals surface area (Å²) in [5, 5.41) is 11.8. The van der Waals surface area contributed by atoms with E-state index in [1.807, 2.05) is 4.89 Å². The maximum atomic E-state index is 12.3. The van der Waals surface area contributed by atoms with Gasteiger partial charge < -0.3 is 0 Å². The molecule has 0 spiro atoms. The lowest BCUT2D eigenvalue weighted by Crippen LogP contribution is -2.43. The fourth-order valence-corrected chi connectivity index (χ4v) is 3.56. The van der Waals surface area contributed by atoms with Crippen LogP contribution in [-0.4, -0.2) is 26.7 Å². The number of carbonyl (C=O) groups excluding carboxylic acids is 1. The van der Waals surface area contributed by atoms with Crippen LogP contribution < -0.4 is 4.89 Å². The Hall–Kier alpha value is -2.36. The van der Waals surface area contributed by atoms with Crippen LogP contribution in [-0.2, 0) is 25.2 Å². The van der Waals surface area contributed by atoms with Crippen LogP contribution in [0.2, 0.25) is 0 Å². The van der Waals surface area contributed by atoms with Gasteiger partial charge in [-0.2, -0.15) is 0 Å².